The topological polar surface area (TPSA) is 37.4 Å². The quantitative estimate of drug-likeness (QED) is 0.595. The van der Waals surface area contributed by atoms with Crippen LogP contribution in [-0.4, -0.2) is 16.7 Å². The van der Waals surface area contributed by atoms with Crippen molar-refractivity contribution in [2.24, 2.45) is 16.2 Å². The smallest absolute Gasteiger partial charge is 0.254 e. The van der Waals surface area contributed by atoms with Gasteiger partial charge in [-0.05, 0) is 39.4 Å². The summed E-state index contributed by atoms with van der Waals surface area (Å²) >= 11 is 0. The van der Waals surface area contributed by atoms with Crippen LogP contribution in [0.5, 0.6) is 0 Å². The minimum Gasteiger partial charge on any atom is -0.269 e. The number of carbonyl (C=O) groups excluding carboxylic acids is 2. The maximum absolute atomic E-state index is 12.8. The molecule has 2 amide bonds. The van der Waals surface area contributed by atoms with Crippen LogP contribution >= 0.6 is 0 Å². The summed E-state index contributed by atoms with van der Waals surface area (Å²) in [7, 11) is 0. The van der Waals surface area contributed by atoms with Crippen molar-refractivity contribution in [3.63, 3.8) is 0 Å². The third-order valence-corrected chi connectivity index (χ3v) is 7.02. The number of nitrogens with zero attached hydrogens (tertiary/aromatic N) is 1. The van der Waals surface area contributed by atoms with Gasteiger partial charge in [-0.2, -0.15) is 0 Å². The van der Waals surface area contributed by atoms with E-state index in [1.54, 1.807) is 0 Å². The highest BCUT2D eigenvalue weighted by molar-refractivity contribution is 6.13. The predicted octanol–water partition coefficient (Wildman–Crippen LogP) is 5.58. The molecule has 3 heteroatoms. The zero-order valence-corrected chi connectivity index (χ0v) is 18.9. The molecule has 1 heterocycles. The van der Waals surface area contributed by atoms with Crippen LogP contribution in [0.1, 0.15) is 85.0 Å². The van der Waals surface area contributed by atoms with E-state index in [9.17, 15) is 9.59 Å². The van der Waals surface area contributed by atoms with Crippen LogP contribution in [-0.2, 0) is 21.4 Å². The Balaban J connectivity index is 2.33. The number of imide groups is 1. The SMILES string of the molecule is CC(C)(C)c1ccc2c(c1)[C@H](N1C(=O)C=CC1=O)C(C(C)(C)C)(C(C)(C)C)C2. The van der Waals surface area contributed by atoms with Gasteiger partial charge in [-0.15, -0.1) is 0 Å². The first-order valence-electron chi connectivity index (χ1n) is 10.3. The van der Waals surface area contributed by atoms with E-state index in [-0.39, 0.29) is 39.5 Å². The second kappa shape index (κ2) is 6.05. The maximum atomic E-state index is 12.8. The minimum atomic E-state index is -0.268. The summed E-state index contributed by atoms with van der Waals surface area (Å²) in [4.78, 5) is 27.2. The highest BCUT2D eigenvalue weighted by Crippen LogP contribution is 2.66. The Morgan fingerprint density at radius 1 is 0.857 bits per heavy atom. The van der Waals surface area contributed by atoms with Crippen LogP contribution in [0.15, 0.2) is 30.4 Å². The number of amides is 2. The molecule has 0 bridgehead atoms. The summed E-state index contributed by atoms with van der Waals surface area (Å²) in [5.41, 5.74) is 3.15. The Hall–Kier alpha value is -1.90. The Kier molecular flexibility index (Phi) is 4.50. The van der Waals surface area contributed by atoms with Gasteiger partial charge in [0.05, 0.1) is 6.04 Å². The molecule has 1 aromatic rings. The van der Waals surface area contributed by atoms with Crippen molar-refractivity contribution in [1.82, 2.24) is 4.90 Å². The lowest BCUT2D eigenvalue weighted by molar-refractivity contribution is -0.153. The fraction of sp³-hybridized carbons (Fsp3) is 0.600. The lowest BCUT2D eigenvalue weighted by atomic mass is 9.50. The summed E-state index contributed by atoms with van der Waals surface area (Å²) in [6, 6.07) is 6.42. The molecule has 28 heavy (non-hydrogen) atoms. The Morgan fingerprint density at radius 3 is 1.79 bits per heavy atom. The second-order valence-electron chi connectivity index (χ2n) is 11.6. The second-order valence-corrected chi connectivity index (χ2v) is 11.6. The van der Waals surface area contributed by atoms with E-state index in [0.29, 0.717) is 0 Å². The van der Waals surface area contributed by atoms with Crippen molar-refractivity contribution in [3.05, 3.63) is 47.0 Å². The van der Waals surface area contributed by atoms with Gasteiger partial charge >= 0.3 is 0 Å². The number of hydrogen-bond acceptors (Lipinski definition) is 2. The molecule has 0 saturated carbocycles. The van der Waals surface area contributed by atoms with Crippen LogP contribution in [0, 0.1) is 16.2 Å². The van der Waals surface area contributed by atoms with Crippen molar-refractivity contribution in [2.75, 3.05) is 0 Å². The van der Waals surface area contributed by atoms with E-state index in [0.717, 1.165) is 12.0 Å². The molecule has 0 aromatic heterocycles. The van der Waals surface area contributed by atoms with Gasteiger partial charge in [0.2, 0.25) is 0 Å². The number of rotatable bonds is 1. The van der Waals surface area contributed by atoms with Gasteiger partial charge in [-0.3, -0.25) is 14.5 Å². The average molecular weight is 382 g/mol. The summed E-state index contributed by atoms with van der Waals surface area (Å²) < 4.78 is 0. The van der Waals surface area contributed by atoms with Crippen molar-refractivity contribution < 1.29 is 9.59 Å². The van der Waals surface area contributed by atoms with Gasteiger partial charge in [0.25, 0.3) is 11.8 Å². The van der Waals surface area contributed by atoms with Crippen LogP contribution in [0.4, 0.5) is 0 Å². The van der Waals surface area contributed by atoms with Crippen molar-refractivity contribution in [3.8, 4) is 0 Å². The lowest BCUT2D eigenvalue weighted by Crippen LogP contribution is -2.55. The van der Waals surface area contributed by atoms with E-state index < -0.39 is 0 Å². The molecule has 0 spiro atoms. The molecule has 2 aliphatic rings. The Bertz CT molecular complexity index is 824. The monoisotopic (exact) mass is 381 g/mol. The average Bonchev–Trinajstić information content (AvgIpc) is 3.02. The largest absolute Gasteiger partial charge is 0.269 e. The number of hydrogen-bond donors (Lipinski definition) is 0. The predicted molar refractivity (Wildman–Crippen MR) is 114 cm³/mol. The first-order chi connectivity index (χ1) is 12.6. The molecule has 1 aliphatic heterocycles. The van der Waals surface area contributed by atoms with Crippen LogP contribution in [0.2, 0.25) is 0 Å². The van der Waals surface area contributed by atoms with Crippen molar-refractivity contribution in [1.29, 1.82) is 0 Å². The Labute approximate surface area is 170 Å². The van der Waals surface area contributed by atoms with E-state index in [2.05, 4.69) is 80.5 Å². The molecule has 0 N–H and O–H groups in total. The first-order valence-corrected chi connectivity index (χ1v) is 10.3. The molecule has 0 unspecified atom stereocenters. The zero-order valence-electron chi connectivity index (χ0n) is 18.9. The first kappa shape index (κ1) is 20.8. The number of benzene rings is 1. The Morgan fingerprint density at radius 2 is 1.36 bits per heavy atom. The molecule has 3 nitrogen and oxygen atoms in total. The van der Waals surface area contributed by atoms with Crippen molar-refractivity contribution >= 4 is 11.8 Å². The molecule has 0 fully saturated rings. The summed E-state index contributed by atoms with van der Waals surface area (Å²) in [5.74, 6) is -0.385. The van der Waals surface area contributed by atoms with E-state index in [1.807, 2.05) is 0 Å². The van der Waals surface area contributed by atoms with Gasteiger partial charge in [0.1, 0.15) is 0 Å². The highest BCUT2D eigenvalue weighted by atomic mass is 16.2. The van der Waals surface area contributed by atoms with Gasteiger partial charge in [0, 0.05) is 17.6 Å². The fourth-order valence-electron chi connectivity index (χ4n) is 5.64. The van der Waals surface area contributed by atoms with Gasteiger partial charge in [-0.1, -0.05) is 80.5 Å². The minimum absolute atomic E-state index is 0.00553. The van der Waals surface area contributed by atoms with Crippen LogP contribution in [0.3, 0.4) is 0 Å². The molecule has 3 rings (SSSR count). The molecular weight excluding hydrogens is 346 g/mol. The third kappa shape index (κ3) is 2.86. The molecule has 1 aliphatic carbocycles. The molecule has 0 radical (unpaired) electrons. The normalized spacial score (nSPS) is 22.2. The standard InChI is InChI=1S/C25H35NO2/c1-22(2,3)17-11-10-16-15-25(23(4,5)6,24(7,8)9)21(18(16)14-17)26-19(27)12-13-20(26)28/h10-14,21H,15H2,1-9H3/t21-/m0/s1. The molecule has 1 atom stereocenters. The fourth-order valence-corrected chi connectivity index (χ4v) is 5.64. The van der Waals surface area contributed by atoms with Crippen LogP contribution in [0.25, 0.3) is 0 Å². The lowest BCUT2D eigenvalue weighted by Gasteiger charge is -2.56. The van der Waals surface area contributed by atoms with Gasteiger partial charge in [-0.25, -0.2) is 0 Å². The van der Waals surface area contributed by atoms with E-state index in [1.165, 1.54) is 28.2 Å². The third-order valence-electron chi connectivity index (χ3n) is 7.02. The zero-order chi connectivity index (χ0) is 21.3. The molecular formula is C25H35NO2. The number of carbonyl (C=O) groups is 2. The summed E-state index contributed by atoms with van der Waals surface area (Å²) in [6.07, 6.45) is 3.70. The van der Waals surface area contributed by atoms with Gasteiger partial charge in [0.15, 0.2) is 0 Å². The van der Waals surface area contributed by atoms with Gasteiger partial charge < -0.3 is 0 Å². The molecule has 0 saturated heterocycles. The maximum Gasteiger partial charge on any atom is 0.254 e. The number of fused-ring (bicyclic) bond motifs is 1. The highest BCUT2D eigenvalue weighted by Gasteiger charge is 2.62. The summed E-state index contributed by atoms with van der Waals surface area (Å²) in [6.45, 7) is 20.1. The molecule has 152 valence electrons. The summed E-state index contributed by atoms with van der Waals surface area (Å²) in [5, 5.41) is 0. The molecule has 1 aromatic carbocycles. The van der Waals surface area contributed by atoms with E-state index >= 15 is 0 Å². The van der Waals surface area contributed by atoms with E-state index in [4.69, 9.17) is 0 Å². The van der Waals surface area contributed by atoms with Crippen LogP contribution < -0.4 is 0 Å². The van der Waals surface area contributed by atoms with Crippen molar-refractivity contribution in [2.45, 2.75) is 80.2 Å².